The molecule has 0 fully saturated rings. The van der Waals surface area contributed by atoms with Gasteiger partial charge in [-0.1, -0.05) is 0 Å². The fraction of sp³-hybridized carbons (Fsp3) is 0.250. The van der Waals surface area contributed by atoms with Gasteiger partial charge in [0.05, 0.1) is 12.3 Å². The fourth-order valence-electron chi connectivity index (χ4n) is 1.56. The molecule has 0 aromatic carbocycles. The van der Waals surface area contributed by atoms with E-state index < -0.39 is 17.3 Å². The van der Waals surface area contributed by atoms with Gasteiger partial charge in [-0.3, -0.25) is 4.79 Å². The van der Waals surface area contributed by atoms with Gasteiger partial charge in [0, 0.05) is 5.39 Å². The number of pyridine rings is 2. The van der Waals surface area contributed by atoms with E-state index in [0.717, 1.165) is 0 Å². The van der Waals surface area contributed by atoms with Crippen LogP contribution in [0, 0.1) is 12.7 Å². The number of esters is 1. The zero-order chi connectivity index (χ0) is 13.3. The maximum atomic E-state index is 13.4. The van der Waals surface area contributed by atoms with E-state index in [4.69, 9.17) is 4.74 Å². The molecule has 0 saturated heterocycles. The predicted octanol–water partition coefficient (Wildman–Crippen LogP) is 1.55. The number of H-pyrrole nitrogens is 1. The highest BCUT2D eigenvalue weighted by molar-refractivity contribution is 5.92. The number of ether oxygens (including phenoxy) is 1. The Morgan fingerprint density at radius 2 is 2.22 bits per heavy atom. The molecule has 0 saturated carbocycles. The van der Waals surface area contributed by atoms with Crippen molar-refractivity contribution in [2.24, 2.45) is 0 Å². The smallest absolute Gasteiger partial charge is 0.343 e. The molecule has 0 aliphatic heterocycles. The van der Waals surface area contributed by atoms with Crippen LogP contribution in [0.15, 0.2) is 16.9 Å². The van der Waals surface area contributed by atoms with Crippen molar-refractivity contribution in [3.05, 3.63) is 39.6 Å². The normalized spacial score (nSPS) is 10.6. The Balaban J connectivity index is 2.65. The standard InChI is InChI=1S/C12H11FN2O3/c1-3-18-12(17)8-4-7-5-9(13)6(2)14-10(7)15-11(8)16/h4-5H,3H2,1-2H3,(H,14,15,16). The van der Waals surface area contributed by atoms with Gasteiger partial charge < -0.3 is 9.72 Å². The Kier molecular flexibility index (Phi) is 3.10. The Bertz CT molecular complexity index is 679. The van der Waals surface area contributed by atoms with Gasteiger partial charge in [-0.05, 0) is 26.0 Å². The van der Waals surface area contributed by atoms with Crippen molar-refractivity contribution in [2.45, 2.75) is 13.8 Å². The maximum absolute atomic E-state index is 13.4. The molecule has 1 N–H and O–H groups in total. The first-order valence-corrected chi connectivity index (χ1v) is 5.40. The summed E-state index contributed by atoms with van der Waals surface area (Å²) < 4.78 is 18.1. The molecule has 0 aliphatic rings. The van der Waals surface area contributed by atoms with Crippen LogP contribution in [0.4, 0.5) is 4.39 Å². The molecule has 0 bridgehead atoms. The summed E-state index contributed by atoms with van der Waals surface area (Å²) in [5.41, 5.74) is -0.331. The lowest BCUT2D eigenvalue weighted by molar-refractivity contribution is 0.0524. The Morgan fingerprint density at radius 1 is 1.50 bits per heavy atom. The minimum absolute atomic E-state index is 0.158. The van der Waals surface area contributed by atoms with Crippen LogP contribution in [0.5, 0.6) is 0 Å². The highest BCUT2D eigenvalue weighted by Crippen LogP contribution is 2.13. The van der Waals surface area contributed by atoms with Crippen LogP contribution in [-0.4, -0.2) is 22.5 Å². The number of nitrogens with zero attached hydrogens (tertiary/aromatic N) is 1. The Hall–Kier alpha value is -2.24. The first kappa shape index (κ1) is 12.2. The second-order valence-electron chi connectivity index (χ2n) is 3.73. The molecule has 94 valence electrons. The van der Waals surface area contributed by atoms with Crippen molar-refractivity contribution in [3.63, 3.8) is 0 Å². The molecule has 0 atom stereocenters. The van der Waals surface area contributed by atoms with Crippen LogP contribution in [-0.2, 0) is 4.74 Å². The molecule has 2 aromatic rings. The van der Waals surface area contributed by atoms with E-state index in [-0.39, 0.29) is 23.5 Å². The van der Waals surface area contributed by atoms with Crippen molar-refractivity contribution in [1.82, 2.24) is 9.97 Å². The SMILES string of the molecule is CCOC(=O)c1cc2cc(F)c(C)nc2[nH]c1=O. The lowest BCUT2D eigenvalue weighted by Crippen LogP contribution is -2.20. The average Bonchev–Trinajstić information content (AvgIpc) is 2.31. The van der Waals surface area contributed by atoms with Gasteiger partial charge in [0.15, 0.2) is 0 Å². The number of nitrogens with one attached hydrogen (secondary N) is 1. The van der Waals surface area contributed by atoms with E-state index in [1.807, 2.05) is 0 Å². The van der Waals surface area contributed by atoms with Gasteiger partial charge in [-0.25, -0.2) is 14.2 Å². The molecule has 18 heavy (non-hydrogen) atoms. The van der Waals surface area contributed by atoms with Crippen molar-refractivity contribution >= 4 is 17.0 Å². The third-order valence-electron chi connectivity index (χ3n) is 2.45. The lowest BCUT2D eigenvalue weighted by atomic mass is 10.2. The number of rotatable bonds is 2. The quantitative estimate of drug-likeness (QED) is 0.821. The van der Waals surface area contributed by atoms with Crippen molar-refractivity contribution < 1.29 is 13.9 Å². The number of aromatic nitrogens is 2. The maximum Gasteiger partial charge on any atom is 0.343 e. The van der Waals surface area contributed by atoms with Gasteiger partial charge in [0.1, 0.15) is 17.0 Å². The summed E-state index contributed by atoms with van der Waals surface area (Å²) in [6.45, 7) is 3.29. The zero-order valence-corrected chi connectivity index (χ0v) is 9.91. The minimum atomic E-state index is -0.735. The summed E-state index contributed by atoms with van der Waals surface area (Å²) in [6.07, 6.45) is 0. The van der Waals surface area contributed by atoms with Gasteiger partial charge in [0.2, 0.25) is 0 Å². The van der Waals surface area contributed by atoms with E-state index >= 15 is 0 Å². The van der Waals surface area contributed by atoms with Crippen LogP contribution in [0.1, 0.15) is 23.0 Å². The summed E-state index contributed by atoms with van der Waals surface area (Å²) in [5, 5.41) is 0.348. The van der Waals surface area contributed by atoms with Gasteiger partial charge >= 0.3 is 5.97 Å². The number of halogens is 1. The molecule has 0 amide bonds. The molecule has 6 heteroatoms. The Morgan fingerprint density at radius 3 is 2.89 bits per heavy atom. The molecule has 0 unspecified atom stereocenters. The van der Waals surface area contributed by atoms with Crippen LogP contribution >= 0.6 is 0 Å². The van der Waals surface area contributed by atoms with Crippen LogP contribution in [0.25, 0.3) is 11.0 Å². The molecule has 2 heterocycles. The molecule has 0 spiro atoms. The largest absolute Gasteiger partial charge is 0.462 e. The fourth-order valence-corrected chi connectivity index (χ4v) is 1.56. The van der Waals surface area contributed by atoms with E-state index in [1.54, 1.807) is 6.92 Å². The number of carbonyl (C=O) groups is 1. The third-order valence-corrected chi connectivity index (χ3v) is 2.45. The molecule has 0 aliphatic carbocycles. The topological polar surface area (TPSA) is 72.0 Å². The summed E-state index contributed by atoms with van der Waals surface area (Å²) in [7, 11) is 0. The number of fused-ring (bicyclic) bond motifs is 1. The van der Waals surface area contributed by atoms with Gasteiger partial charge in [0.25, 0.3) is 5.56 Å². The first-order chi connectivity index (χ1) is 8.52. The molecule has 2 rings (SSSR count). The third kappa shape index (κ3) is 2.09. The number of aryl methyl sites for hydroxylation is 1. The molecular weight excluding hydrogens is 239 g/mol. The summed E-state index contributed by atoms with van der Waals surface area (Å²) in [6, 6.07) is 2.50. The highest BCUT2D eigenvalue weighted by Gasteiger charge is 2.14. The molecule has 5 nitrogen and oxygen atoms in total. The van der Waals surface area contributed by atoms with Crippen LogP contribution in [0.2, 0.25) is 0 Å². The van der Waals surface area contributed by atoms with Crippen molar-refractivity contribution in [2.75, 3.05) is 6.61 Å². The number of hydrogen-bond donors (Lipinski definition) is 1. The van der Waals surface area contributed by atoms with Gasteiger partial charge in [-0.2, -0.15) is 0 Å². The number of hydrogen-bond acceptors (Lipinski definition) is 4. The second-order valence-corrected chi connectivity index (χ2v) is 3.73. The number of aromatic amines is 1. The summed E-state index contributed by atoms with van der Waals surface area (Å²) >= 11 is 0. The first-order valence-electron chi connectivity index (χ1n) is 5.40. The van der Waals surface area contributed by atoms with Crippen LogP contribution < -0.4 is 5.56 Å². The summed E-state index contributed by atoms with van der Waals surface area (Å²) in [5.74, 6) is -1.23. The predicted molar refractivity (Wildman–Crippen MR) is 63.0 cm³/mol. The second kappa shape index (κ2) is 4.56. The van der Waals surface area contributed by atoms with Gasteiger partial charge in [-0.15, -0.1) is 0 Å². The molecule has 2 aromatic heterocycles. The lowest BCUT2D eigenvalue weighted by Gasteiger charge is -2.04. The Labute approximate surface area is 102 Å². The highest BCUT2D eigenvalue weighted by atomic mass is 19.1. The van der Waals surface area contributed by atoms with E-state index in [9.17, 15) is 14.0 Å². The number of carbonyl (C=O) groups excluding carboxylic acids is 1. The molecule has 0 radical (unpaired) electrons. The average molecular weight is 250 g/mol. The van der Waals surface area contributed by atoms with Crippen LogP contribution in [0.3, 0.4) is 0 Å². The summed E-state index contributed by atoms with van der Waals surface area (Å²) in [4.78, 5) is 29.5. The minimum Gasteiger partial charge on any atom is -0.462 e. The van der Waals surface area contributed by atoms with E-state index in [0.29, 0.717) is 5.39 Å². The van der Waals surface area contributed by atoms with Crippen molar-refractivity contribution in [1.29, 1.82) is 0 Å². The monoisotopic (exact) mass is 250 g/mol. The van der Waals surface area contributed by atoms with Crippen molar-refractivity contribution in [3.8, 4) is 0 Å². The van der Waals surface area contributed by atoms with E-state index in [1.165, 1.54) is 19.1 Å². The van der Waals surface area contributed by atoms with E-state index in [2.05, 4.69) is 9.97 Å². The zero-order valence-electron chi connectivity index (χ0n) is 9.91. The molecular formula is C12H11FN2O3.